The Balaban J connectivity index is 2.18. The molecule has 0 atom stereocenters. The second kappa shape index (κ2) is 6.13. The van der Waals surface area contributed by atoms with Gasteiger partial charge in [0, 0.05) is 19.3 Å². The van der Waals surface area contributed by atoms with E-state index in [1.807, 2.05) is 12.1 Å². The number of aliphatic carboxylic acids is 1. The number of hydrogen-bond acceptors (Lipinski definition) is 4. The molecule has 1 aliphatic carbocycles. The van der Waals surface area contributed by atoms with Gasteiger partial charge in [-0.15, -0.1) is 0 Å². The molecule has 1 amide bonds. The highest BCUT2D eigenvalue weighted by Crippen LogP contribution is 2.49. The first kappa shape index (κ1) is 15.3. The molecule has 0 spiro atoms. The lowest BCUT2D eigenvalue weighted by molar-refractivity contribution is -0.146. The number of ether oxygens (including phenoxy) is 1. The second-order valence-electron chi connectivity index (χ2n) is 5.32. The first-order valence-corrected chi connectivity index (χ1v) is 6.86. The number of benzene rings is 1. The van der Waals surface area contributed by atoms with Gasteiger partial charge in [-0.05, 0) is 30.5 Å². The molecule has 3 N–H and O–H groups in total. The zero-order chi connectivity index (χ0) is 15.5. The van der Waals surface area contributed by atoms with Crippen molar-refractivity contribution in [2.45, 2.75) is 18.3 Å². The third-order valence-corrected chi connectivity index (χ3v) is 3.80. The summed E-state index contributed by atoms with van der Waals surface area (Å²) in [5.41, 5.74) is 6.62. The van der Waals surface area contributed by atoms with E-state index < -0.39 is 11.4 Å². The third kappa shape index (κ3) is 3.33. The van der Waals surface area contributed by atoms with E-state index in [2.05, 4.69) is 0 Å². The topological polar surface area (TPSA) is 92.9 Å². The number of rotatable bonds is 7. The third-order valence-electron chi connectivity index (χ3n) is 3.80. The number of carbonyl (C=O) groups is 2. The van der Waals surface area contributed by atoms with Gasteiger partial charge < -0.3 is 20.5 Å². The Bertz CT molecular complexity index is 523. The molecule has 21 heavy (non-hydrogen) atoms. The number of nitrogen functional groups attached to an aromatic ring is 1. The van der Waals surface area contributed by atoms with Gasteiger partial charge >= 0.3 is 5.97 Å². The quantitative estimate of drug-likeness (QED) is 0.727. The fourth-order valence-corrected chi connectivity index (χ4v) is 2.47. The minimum absolute atomic E-state index is 0.147. The number of nitrogens with two attached hydrogens (primary N) is 1. The van der Waals surface area contributed by atoms with Gasteiger partial charge in [-0.1, -0.05) is 12.1 Å². The van der Waals surface area contributed by atoms with Gasteiger partial charge in [0.15, 0.2) is 0 Å². The molecule has 1 aromatic rings. The molecule has 1 saturated carbocycles. The molecule has 0 aromatic heterocycles. The molecule has 0 saturated heterocycles. The molecule has 6 heteroatoms. The number of amides is 1. The van der Waals surface area contributed by atoms with Crippen molar-refractivity contribution in [2.24, 2.45) is 0 Å². The number of methoxy groups -OCH3 is 1. The Morgan fingerprint density at radius 1 is 1.33 bits per heavy atom. The number of nitrogens with zero attached hydrogens (tertiary/aromatic N) is 1. The molecule has 1 aromatic carbocycles. The van der Waals surface area contributed by atoms with Crippen molar-refractivity contribution in [3.8, 4) is 0 Å². The normalized spacial score (nSPS) is 15.5. The van der Waals surface area contributed by atoms with E-state index in [0.29, 0.717) is 12.3 Å². The fraction of sp³-hybridized carbons (Fsp3) is 0.467. The largest absolute Gasteiger partial charge is 0.480 e. The van der Waals surface area contributed by atoms with Crippen molar-refractivity contribution in [1.29, 1.82) is 0 Å². The summed E-state index contributed by atoms with van der Waals surface area (Å²) in [6.45, 7) is 0.286. The summed E-state index contributed by atoms with van der Waals surface area (Å²) < 4.78 is 4.96. The molecule has 0 bridgehead atoms. The van der Waals surface area contributed by atoms with E-state index in [4.69, 9.17) is 15.6 Å². The summed E-state index contributed by atoms with van der Waals surface area (Å²) in [7, 11) is 1.52. The smallest absolute Gasteiger partial charge is 0.323 e. The van der Waals surface area contributed by atoms with Crippen LogP contribution in [0.5, 0.6) is 0 Å². The van der Waals surface area contributed by atoms with Gasteiger partial charge in [-0.2, -0.15) is 0 Å². The van der Waals surface area contributed by atoms with Crippen LogP contribution in [0.4, 0.5) is 5.69 Å². The Morgan fingerprint density at radius 3 is 2.43 bits per heavy atom. The average molecular weight is 292 g/mol. The van der Waals surface area contributed by atoms with Crippen molar-refractivity contribution in [1.82, 2.24) is 4.90 Å². The van der Waals surface area contributed by atoms with E-state index in [9.17, 15) is 9.59 Å². The lowest BCUT2D eigenvalue weighted by Gasteiger charge is -2.26. The van der Waals surface area contributed by atoms with Crippen LogP contribution in [-0.2, 0) is 19.7 Å². The van der Waals surface area contributed by atoms with Crippen LogP contribution in [-0.4, -0.2) is 48.7 Å². The Labute approximate surface area is 123 Å². The highest BCUT2D eigenvalue weighted by Gasteiger charge is 2.53. The van der Waals surface area contributed by atoms with Crippen molar-refractivity contribution in [2.75, 3.05) is 32.5 Å². The minimum Gasteiger partial charge on any atom is -0.480 e. The molecule has 1 aliphatic rings. The maximum atomic E-state index is 12.7. The predicted molar refractivity (Wildman–Crippen MR) is 77.9 cm³/mol. The Kier molecular flexibility index (Phi) is 4.47. The average Bonchev–Trinajstić information content (AvgIpc) is 3.24. The zero-order valence-electron chi connectivity index (χ0n) is 12.0. The van der Waals surface area contributed by atoms with Crippen LogP contribution < -0.4 is 5.73 Å². The number of carbonyl (C=O) groups excluding carboxylic acids is 1. The molecule has 0 radical (unpaired) electrons. The summed E-state index contributed by atoms with van der Waals surface area (Å²) in [6, 6.07) is 7.21. The molecule has 2 rings (SSSR count). The van der Waals surface area contributed by atoms with Crippen LogP contribution in [0.2, 0.25) is 0 Å². The summed E-state index contributed by atoms with van der Waals surface area (Å²) in [6.07, 6.45) is 1.47. The van der Waals surface area contributed by atoms with Crippen LogP contribution in [0, 0.1) is 0 Å². The molecule has 0 aliphatic heterocycles. The summed E-state index contributed by atoms with van der Waals surface area (Å²) in [5.74, 6) is -1.17. The molecule has 0 unspecified atom stereocenters. The summed E-state index contributed by atoms with van der Waals surface area (Å²) >= 11 is 0. The maximum absolute atomic E-state index is 12.7. The first-order valence-electron chi connectivity index (χ1n) is 6.86. The Morgan fingerprint density at radius 2 is 1.95 bits per heavy atom. The molecular formula is C15H20N2O4. The van der Waals surface area contributed by atoms with Crippen LogP contribution >= 0.6 is 0 Å². The highest BCUT2D eigenvalue weighted by atomic mass is 16.5. The lowest BCUT2D eigenvalue weighted by Crippen LogP contribution is -2.43. The number of carboxylic acids is 1. The SMILES string of the molecule is COCCN(CC(=O)O)C(=O)C1(c2ccc(N)cc2)CC1. The van der Waals surface area contributed by atoms with Gasteiger partial charge in [-0.3, -0.25) is 9.59 Å². The van der Waals surface area contributed by atoms with Crippen molar-refractivity contribution in [3.63, 3.8) is 0 Å². The van der Waals surface area contributed by atoms with Crippen molar-refractivity contribution in [3.05, 3.63) is 29.8 Å². The van der Waals surface area contributed by atoms with Crippen LogP contribution in [0.1, 0.15) is 18.4 Å². The van der Waals surface area contributed by atoms with Gasteiger partial charge in [0.1, 0.15) is 6.54 Å². The summed E-state index contributed by atoms with van der Waals surface area (Å²) in [4.78, 5) is 25.0. The standard InChI is InChI=1S/C15H20N2O4/c1-21-9-8-17(10-13(18)19)14(20)15(6-7-15)11-2-4-12(16)5-3-11/h2-5H,6-10,16H2,1H3,(H,18,19). The van der Waals surface area contributed by atoms with E-state index in [1.54, 1.807) is 12.1 Å². The van der Waals surface area contributed by atoms with Gasteiger partial charge in [0.2, 0.25) is 5.91 Å². The van der Waals surface area contributed by atoms with Gasteiger partial charge in [0.25, 0.3) is 0 Å². The van der Waals surface area contributed by atoms with Gasteiger partial charge in [0.05, 0.1) is 12.0 Å². The summed E-state index contributed by atoms with van der Waals surface area (Å²) in [5, 5.41) is 8.97. The lowest BCUT2D eigenvalue weighted by atomic mass is 9.94. The van der Waals surface area contributed by atoms with Crippen LogP contribution in [0.25, 0.3) is 0 Å². The molecular weight excluding hydrogens is 272 g/mol. The fourth-order valence-electron chi connectivity index (χ4n) is 2.47. The molecule has 6 nitrogen and oxygen atoms in total. The van der Waals surface area contributed by atoms with E-state index >= 15 is 0 Å². The molecule has 1 fully saturated rings. The van der Waals surface area contributed by atoms with E-state index in [1.165, 1.54) is 12.0 Å². The van der Waals surface area contributed by atoms with Gasteiger partial charge in [-0.25, -0.2) is 0 Å². The zero-order valence-corrected chi connectivity index (χ0v) is 12.0. The Hall–Kier alpha value is -2.08. The first-order chi connectivity index (χ1) is 9.99. The van der Waals surface area contributed by atoms with E-state index in [0.717, 1.165) is 18.4 Å². The monoisotopic (exact) mass is 292 g/mol. The van der Waals surface area contributed by atoms with Crippen LogP contribution in [0.3, 0.4) is 0 Å². The van der Waals surface area contributed by atoms with Crippen LogP contribution in [0.15, 0.2) is 24.3 Å². The maximum Gasteiger partial charge on any atom is 0.323 e. The van der Waals surface area contributed by atoms with Crippen molar-refractivity contribution >= 4 is 17.6 Å². The van der Waals surface area contributed by atoms with Crippen molar-refractivity contribution < 1.29 is 19.4 Å². The number of carboxylic acid groups (broad SMARTS) is 1. The highest BCUT2D eigenvalue weighted by molar-refractivity contribution is 5.93. The molecule has 0 heterocycles. The number of anilines is 1. The molecule has 114 valence electrons. The number of hydrogen-bond donors (Lipinski definition) is 2. The predicted octanol–water partition coefficient (Wildman–Crippen LogP) is 0.860. The second-order valence-corrected chi connectivity index (χ2v) is 5.32. The minimum atomic E-state index is -1.02. The van der Waals surface area contributed by atoms with E-state index in [-0.39, 0.29) is 19.0 Å².